The quantitative estimate of drug-likeness (QED) is 0.880. The molecule has 3 unspecified atom stereocenters. The summed E-state index contributed by atoms with van der Waals surface area (Å²) in [6.07, 6.45) is 3.72. The van der Waals surface area contributed by atoms with E-state index < -0.39 is 5.54 Å². The normalized spacial score (nSPS) is 25.2. The minimum atomic E-state index is -0.478. The van der Waals surface area contributed by atoms with Crippen LogP contribution in [0, 0.1) is 11.7 Å². The van der Waals surface area contributed by atoms with E-state index >= 15 is 0 Å². The molecule has 1 saturated carbocycles. The average Bonchev–Trinajstić information content (AvgIpc) is 2.46. The van der Waals surface area contributed by atoms with Crippen molar-refractivity contribution < 1.29 is 13.9 Å². The summed E-state index contributed by atoms with van der Waals surface area (Å²) in [5.41, 5.74) is 6.42. The Hall–Kier alpha value is -1.33. The maximum absolute atomic E-state index is 13.5. The maximum atomic E-state index is 13.5. The fourth-order valence-electron chi connectivity index (χ4n) is 3.22. The number of carbonyl (C=O) groups excluding carboxylic acids is 1. The first-order valence-corrected chi connectivity index (χ1v) is 7.78. The van der Waals surface area contributed by atoms with E-state index in [-0.39, 0.29) is 36.1 Å². The number of nitrogens with two attached hydrogens (primary N) is 1. The van der Waals surface area contributed by atoms with Crippen LogP contribution in [0.25, 0.3) is 0 Å². The van der Waals surface area contributed by atoms with Crippen molar-refractivity contribution in [2.75, 3.05) is 7.11 Å². The molecule has 0 aliphatic heterocycles. The zero-order chi connectivity index (χ0) is 16.3. The molecule has 0 aromatic heterocycles. The zero-order valence-corrected chi connectivity index (χ0v) is 14.7. The van der Waals surface area contributed by atoms with Crippen molar-refractivity contribution in [3.05, 3.63) is 29.6 Å². The van der Waals surface area contributed by atoms with Crippen LogP contribution in [0.15, 0.2) is 18.2 Å². The number of amides is 1. The third-order valence-corrected chi connectivity index (χ3v) is 4.59. The number of carbonyl (C=O) groups is 1. The predicted octanol–water partition coefficient (Wildman–Crippen LogP) is 3.34. The van der Waals surface area contributed by atoms with Crippen molar-refractivity contribution >= 4 is 18.3 Å². The molecule has 2 rings (SSSR count). The monoisotopic (exact) mass is 344 g/mol. The lowest BCUT2D eigenvalue weighted by atomic mass is 9.74. The Labute approximate surface area is 143 Å². The number of hydrogen-bond donors (Lipinski definition) is 2. The van der Waals surface area contributed by atoms with E-state index in [1.165, 1.54) is 19.2 Å². The molecule has 0 saturated heterocycles. The van der Waals surface area contributed by atoms with Gasteiger partial charge in [0.2, 0.25) is 5.91 Å². The molecule has 6 heteroatoms. The highest BCUT2D eigenvalue weighted by Gasteiger charge is 2.38. The van der Waals surface area contributed by atoms with E-state index in [0.29, 0.717) is 11.3 Å². The minimum absolute atomic E-state index is 0. The number of rotatable bonds is 4. The standard InChI is InChI=1S/C17H25FN2O2.ClH/c1-11(13-10-12(18)7-8-15(13)22-3)20-16(21)14-6-4-5-9-17(14,2)19;/h7-8,10-11,14H,4-6,9,19H2,1-3H3,(H,20,21);1H. The van der Waals surface area contributed by atoms with Crippen LogP contribution in [0.5, 0.6) is 5.75 Å². The van der Waals surface area contributed by atoms with Gasteiger partial charge in [-0.25, -0.2) is 4.39 Å². The summed E-state index contributed by atoms with van der Waals surface area (Å²) >= 11 is 0. The molecule has 3 atom stereocenters. The summed E-state index contributed by atoms with van der Waals surface area (Å²) in [7, 11) is 1.53. The summed E-state index contributed by atoms with van der Waals surface area (Å²) in [5.74, 6) is -0.0571. The van der Waals surface area contributed by atoms with Gasteiger partial charge in [0, 0.05) is 11.1 Å². The summed E-state index contributed by atoms with van der Waals surface area (Å²) in [5, 5.41) is 2.96. The number of nitrogens with one attached hydrogen (secondary N) is 1. The molecule has 0 heterocycles. The topological polar surface area (TPSA) is 64.3 Å². The van der Waals surface area contributed by atoms with E-state index in [1.54, 1.807) is 6.07 Å². The SMILES string of the molecule is COc1ccc(F)cc1C(C)NC(=O)C1CCCCC1(C)N.Cl. The molecule has 1 aliphatic rings. The van der Waals surface area contributed by atoms with E-state index in [4.69, 9.17) is 10.5 Å². The van der Waals surface area contributed by atoms with Crippen LogP contribution in [-0.2, 0) is 4.79 Å². The van der Waals surface area contributed by atoms with E-state index in [0.717, 1.165) is 25.7 Å². The predicted molar refractivity (Wildman–Crippen MR) is 91.3 cm³/mol. The fraction of sp³-hybridized carbons (Fsp3) is 0.588. The van der Waals surface area contributed by atoms with E-state index in [9.17, 15) is 9.18 Å². The smallest absolute Gasteiger partial charge is 0.225 e. The molecule has 3 N–H and O–H groups in total. The average molecular weight is 345 g/mol. The molecule has 1 aromatic carbocycles. The van der Waals surface area contributed by atoms with Crippen molar-refractivity contribution in [3.8, 4) is 5.75 Å². The van der Waals surface area contributed by atoms with Crippen molar-refractivity contribution in [2.24, 2.45) is 11.7 Å². The molecular weight excluding hydrogens is 319 g/mol. The van der Waals surface area contributed by atoms with Gasteiger partial charge >= 0.3 is 0 Å². The van der Waals surface area contributed by atoms with Gasteiger partial charge in [-0.1, -0.05) is 12.8 Å². The second kappa shape index (κ2) is 7.97. The van der Waals surface area contributed by atoms with Crippen LogP contribution in [0.3, 0.4) is 0 Å². The molecular formula is C17H26ClFN2O2. The first kappa shape index (κ1) is 19.7. The van der Waals surface area contributed by atoms with E-state index in [2.05, 4.69) is 5.32 Å². The first-order valence-electron chi connectivity index (χ1n) is 7.78. The highest BCUT2D eigenvalue weighted by atomic mass is 35.5. The summed E-state index contributed by atoms with van der Waals surface area (Å²) in [6.45, 7) is 3.76. The molecule has 130 valence electrons. The van der Waals surface area contributed by atoms with Gasteiger partial charge < -0.3 is 15.8 Å². The summed E-state index contributed by atoms with van der Waals surface area (Å²) < 4.78 is 18.7. The second-order valence-corrected chi connectivity index (χ2v) is 6.42. The van der Waals surface area contributed by atoms with Gasteiger partial charge in [-0.15, -0.1) is 12.4 Å². The van der Waals surface area contributed by atoms with Gasteiger partial charge in [-0.05, 0) is 44.9 Å². The van der Waals surface area contributed by atoms with Crippen LogP contribution in [-0.4, -0.2) is 18.6 Å². The summed E-state index contributed by atoms with van der Waals surface area (Å²) in [4.78, 5) is 12.6. The zero-order valence-electron chi connectivity index (χ0n) is 13.9. The lowest BCUT2D eigenvalue weighted by molar-refractivity contribution is -0.128. The molecule has 0 bridgehead atoms. The number of halogens is 2. The molecule has 1 fully saturated rings. The van der Waals surface area contributed by atoms with Crippen LogP contribution in [0.4, 0.5) is 4.39 Å². The van der Waals surface area contributed by atoms with Gasteiger partial charge in [-0.2, -0.15) is 0 Å². The molecule has 23 heavy (non-hydrogen) atoms. The van der Waals surface area contributed by atoms with Crippen molar-refractivity contribution in [1.29, 1.82) is 0 Å². The number of benzene rings is 1. The largest absolute Gasteiger partial charge is 0.496 e. The first-order chi connectivity index (χ1) is 10.3. The van der Waals surface area contributed by atoms with Gasteiger partial charge in [-0.3, -0.25) is 4.79 Å². The van der Waals surface area contributed by atoms with Crippen LogP contribution in [0.2, 0.25) is 0 Å². The Balaban J connectivity index is 0.00000264. The molecule has 1 amide bonds. The molecule has 1 aromatic rings. The lowest BCUT2D eigenvalue weighted by Gasteiger charge is -2.37. The Morgan fingerprint density at radius 3 is 2.78 bits per heavy atom. The molecule has 0 spiro atoms. The molecule has 4 nitrogen and oxygen atoms in total. The second-order valence-electron chi connectivity index (χ2n) is 6.42. The fourth-order valence-corrected chi connectivity index (χ4v) is 3.22. The van der Waals surface area contributed by atoms with Crippen LogP contribution in [0.1, 0.15) is 51.1 Å². The van der Waals surface area contributed by atoms with Crippen molar-refractivity contribution in [2.45, 2.75) is 51.1 Å². The number of hydrogen-bond acceptors (Lipinski definition) is 3. The van der Waals surface area contributed by atoms with E-state index in [1.807, 2.05) is 13.8 Å². The minimum Gasteiger partial charge on any atom is -0.496 e. The van der Waals surface area contributed by atoms with Crippen LogP contribution < -0.4 is 15.8 Å². The maximum Gasteiger partial charge on any atom is 0.225 e. The molecule has 1 aliphatic carbocycles. The van der Waals surface area contributed by atoms with Gasteiger partial charge in [0.1, 0.15) is 11.6 Å². The Morgan fingerprint density at radius 2 is 2.17 bits per heavy atom. The van der Waals surface area contributed by atoms with Crippen molar-refractivity contribution in [3.63, 3.8) is 0 Å². The van der Waals surface area contributed by atoms with Crippen molar-refractivity contribution in [1.82, 2.24) is 5.32 Å². The Morgan fingerprint density at radius 1 is 1.48 bits per heavy atom. The lowest BCUT2D eigenvalue weighted by Crippen LogP contribution is -2.53. The number of ether oxygens (including phenoxy) is 1. The molecule has 0 radical (unpaired) electrons. The highest BCUT2D eigenvalue weighted by molar-refractivity contribution is 5.85. The van der Waals surface area contributed by atoms with Gasteiger partial charge in [0.05, 0.1) is 19.1 Å². The van der Waals surface area contributed by atoms with Gasteiger partial charge in [0.25, 0.3) is 0 Å². The highest BCUT2D eigenvalue weighted by Crippen LogP contribution is 2.33. The van der Waals surface area contributed by atoms with Crippen LogP contribution >= 0.6 is 12.4 Å². The Kier molecular flexibility index (Phi) is 6.84. The summed E-state index contributed by atoms with van der Waals surface area (Å²) in [6, 6.07) is 3.97. The Bertz CT molecular complexity index is 551. The van der Waals surface area contributed by atoms with Gasteiger partial charge in [0.15, 0.2) is 0 Å². The third-order valence-electron chi connectivity index (χ3n) is 4.59. The number of methoxy groups -OCH3 is 1. The third kappa shape index (κ3) is 4.58.